The van der Waals surface area contributed by atoms with Crippen molar-refractivity contribution in [2.24, 2.45) is 4.99 Å². The Labute approximate surface area is 230 Å². The molecule has 8 nitrogen and oxygen atoms in total. The predicted octanol–water partition coefficient (Wildman–Crippen LogP) is 4.03. The van der Waals surface area contributed by atoms with Crippen LogP contribution < -0.4 is 24.4 Å². The summed E-state index contributed by atoms with van der Waals surface area (Å²) in [5.74, 6) is -0.522. The molecule has 4 rings (SSSR count). The minimum atomic E-state index is -0.814. The lowest BCUT2D eigenvalue weighted by Gasteiger charge is -2.25. The van der Waals surface area contributed by atoms with Crippen molar-refractivity contribution in [3.63, 3.8) is 0 Å². The summed E-state index contributed by atoms with van der Waals surface area (Å²) in [6, 6.07) is 12.2. The number of aromatic nitrogens is 1. The zero-order valence-electron chi connectivity index (χ0n) is 23.2. The number of fused-ring (bicyclic) bond motifs is 1. The number of thiazole rings is 1. The molecule has 0 aliphatic carbocycles. The summed E-state index contributed by atoms with van der Waals surface area (Å²) in [5, 5.41) is 0. The molecule has 39 heavy (non-hydrogen) atoms. The van der Waals surface area contributed by atoms with Gasteiger partial charge >= 0.3 is 11.9 Å². The van der Waals surface area contributed by atoms with E-state index < -0.39 is 18.0 Å². The summed E-state index contributed by atoms with van der Waals surface area (Å²) < 4.78 is 18.1. The topological polar surface area (TPSA) is 96.2 Å². The SMILES string of the molecule is CCOC(=O)C1=C(C)N=c2s/c(=C\c3ccc(C(C)(C)C)cc3)c(=O)n2C1c1ccc(OC(C)=O)c(OC)c1. The van der Waals surface area contributed by atoms with Crippen LogP contribution in [0.4, 0.5) is 0 Å². The lowest BCUT2D eigenvalue weighted by atomic mass is 9.87. The minimum Gasteiger partial charge on any atom is -0.493 e. The lowest BCUT2D eigenvalue weighted by Crippen LogP contribution is -2.40. The third kappa shape index (κ3) is 5.73. The van der Waals surface area contributed by atoms with E-state index in [1.165, 1.54) is 35.5 Å². The molecule has 1 aliphatic rings. The van der Waals surface area contributed by atoms with Gasteiger partial charge in [0, 0.05) is 6.92 Å². The fourth-order valence-corrected chi connectivity index (χ4v) is 5.48. The Morgan fingerprint density at radius 3 is 2.38 bits per heavy atom. The number of carbonyl (C=O) groups is 2. The quantitative estimate of drug-likeness (QED) is 0.341. The number of benzene rings is 2. The van der Waals surface area contributed by atoms with Crippen LogP contribution in [0, 0.1) is 0 Å². The van der Waals surface area contributed by atoms with Gasteiger partial charge in [0.25, 0.3) is 5.56 Å². The largest absolute Gasteiger partial charge is 0.493 e. The highest BCUT2D eigenvalue weighted by molar-refractivity contribution is 7.07. The number of esters is 2. The molecule has 0 saturated heterocycles. The first kappa shape index (κ1) is 28.0. The molecule has 1 atom stereocenters. The Morgan fingerprint density at radius 2 is 1.79 bits per heavy atom. The van der Waals surface area contributed by atoms with Gasteiger partial charge in [0.15, 0.2) is 16.3 Å². The average molecular weight is 549 g/mol. The molecule has 0 fully saturated rings. The van der Waals surface area contributed by atoms with Gasteiger partial charge in [0.05, 0.1) is 35.6 Å². The molecule has 3 aromatic rings. The van der Waals surface area contributed by atoms with Crippen molar-refractivity contribution in [2.75, 3.05) is 13.7 Å². The van der Waals surface area contributed by atoms with E-state index in [1.54, 1.807) is 32.0 Å². The molecule has 0 saturated carbocycles. The van der Waals surface area contributed by atoms with Crippen molar-refractivity contribution in [1.29, 1.82) is 0 Å². The number of rotatable bonds is 6. The van der Waals surface area contributed by atoms with Crippen LogP contribution in [-0.2, 0) is 19.7 Å². The first-order chi connectivity index (χ1) is 18.4. The van der Waals surface area contributed by atoms with Gasteiger partial charge in [0.2, 0.25) is 0 Å². The van der Waals surface area contributed by atoms with Crippen molar-refractivity contribution in [1.82, 2.24) is 4.57 Å². The van der Waals surface area contributed by atoms with Gasteiger partial charge in [-0.15, -0.1) is 0 Å². The van der Waals surface area contributed by atoms with Crippen LogP contribution >= 0.6 is 11.3 Å². The van der Waals surface area contributed by atoms with Gasteiger partial charge in [-0.05, 0) is 54.2 Å². The van der Waals surface area contributed by atoms with E-state index >= 15 is 0 Å². The molecule has 1 aromatic heterocycles. The molecule has 0 radical (unpaired) electrons. The van der Waals surface area contributed by atoms with Crippen LogP contribution in [0.1, 0.15) is 64.3 Å². The van der Waals surface area contributed by atoms with Crippen LogP contribution in [-0.4, -0.2) is 30.2 Å². The Bertz CT molecular complexity index is 1640. The molecule has 204 valence electrons. The van der Waals surface area contributed by atoms with E-state index in [0.29, 0.717) is 26.3 Å². The van der Waals surface area contributed by atoms with Crippen molar-refractivity contribution in [2.45, 2.75) is 53.0 Å². The van der Waals surface area contributed by atoms with Crippen LogP contribution in [0.25, 0.3) is 6.08 Å². The maximum absolute atomic E-state index is 13.8. The van der Waals surface area contributed by atoms with Crippen molar-refractivity contribution < 1.29 is 23.8 Å². The van der Waals surface area contributed by atoms with Gasteiger partial charge in [0.1, 0.15) is 0 Å². The van der Waals surface area contributed by atoms with Gasteiger partial charge in [-0.25, -0.2) is 9.79 Å². The number of nitrogens with zero attached hydrogens (tertiary/aromatic N) is 2. The van der Waals surface area contributed by atoms with Gasteiger partial charge in [-0.1, -0.05) is 62.4 Å². The molecule has 2 heterocycles. The summed E-state index contributed by atoms with van der Waals surface area (Å²) in [5.41, 5.74) is 3.13. The number of ether oxygens (including phenoxy) is 3. The molecule has 1 aliphatic heterocycles. The summed E-state index contributed by atoms with van der Waals surface area (Å²) >= 11 is 1.26. The van der Waals surface area contributed by atoms with E-state index in [9.17, 15) is 14.4 Å². The van der Waals surface area contributed by atoms with Crippen molar-refractivity contribution >= 4 is 29.4 Å². The molecule has 0 amide bonds. The summed E-state index contributed by atoms with van der Waals surface area (Å²) in [6.07, 6.45) is 1.83. The van der Waals surface area contributed by atoms with E-state index in [4.69, 9.17) is 14.2 Å². The molecular formula is C30H32N2O6S. The highest BCUT2D eigenvalue weighted by Crippen LogP contribution is 2.36. The Balaban J connectivity index is 1.90. The Hall–Kier alpha value is -3.98. The lowest BCUT2D eigenvalue weighted by molar-refractivity contribution is -0.139. The van der Waals surface area contributed by atoms with E-state index in [2.05, 4.69) is 37.9 Å². The first-order valence-electron chi connectivity index (χ1n) is 12.6. The van der Waals surface area contributed by atoms with Crippen LogP contribution in [0.5, 0.6) is 11.5 Å². The Kier molecular flexibility index (Phi) is 7.92. The predicted molar refractivity (Wildman–Crippen MR) is 150 cm³/mol. The maximum atomic E-state index is 13.8. The fourth-order valence-electron chi connectivity index (χ4n) is 4.43. The second-order valence-electron chi connectivity index (χ2n) is 10.2. The summed E-state index contributed by atoms with van der Waals surface area (Å²) in [4.78, 5) is 43.6. The highest BCUT2D eigenvalue weighted by Gasteiger charge is 2.34. The molecule has 0 N–H and O–H groups in total. The molecule has 9 heteroatoms. The van der Waals surface area contributed by atoms with E-state index in [0.717, 1.165) is 5.56 Å². The van der Waals surface area contributed by atoms with Gasteiger partial charge in [-0.3, -0.25) is 14.2 Å². The molecule has 2 aromatic carbocycles. The Morgan fingerprint density at radius 1 is 1.10 bits per heavy atom. The van der Waals surface area contributed by atoms with Crippen LogP contribution in [0.2, 0.25) is 0 Å². The summed E-state index contributed by atoms with van der Waals surface area (Å²) in [7, 11) is 1.45. The van der Waals surface area contributed by atoms with Crippen molar-refractivity contribution in [3.05, 3.63) is 90.1 Å². The number of allylic oxidation sites excluding steroid dienone is 1. The normalized spacial score (nSPS) is 15.5. The number of carbonyl (C=O) groups excluding carboxylic acids is 2. The summed E-state index contributed by atoms with van der Waals surface area (Å²) in [6.45, 7) is 11.4. The third-order valence-corrected chi connectivity index (χ3v) is 7.33. The fraction of sp³-hybridized carbons (Fsp3) is 0.333. The highest BCUT2D eigenvalue weighted by atomic mass is 32.1. The number of methoxy groups -OCH3 is 1. The van der Waals surface area contributed by atoms with Crippen molar-refractivity contribution in [3.8, 4) is 11.5 Å². The van der Waals surface area contributed by atoms with E-state index in [1.807, 2.05) is 18.2 Å². The van der Waals surface area contributed by atoms with Gasteiger partial charge < -0.3 is 14.2 Å². The van der Waals surface area contributed by atoms with Crippen LogP contribution in [0.15, 0.2) is 63.5 Å². The molecule has 0 spiro atoms. The van der Waals surface area contributed by atoms with E-state index in [-0.39, 0.29) is 28.9 Å². The minimum absolute atomic E-state index is 0.0188. The number of hydrogen-bond donors (Lipinski definition) is 0. The smallest absolute Gasteiger partial charge is 0.338 e. The average Bonchev–Trinajstić information content (AvgIpc) is 3.17. The zero-order valence-corrected chi connectivity index (χ0v) is 24.0. The third-order valence-electron chi connectivity index (χ3n) is 6.35. The monoisotopic (exact) mass is 548 g/mol. The second-order valence-corrected chi connectivity index (χ2v) is 11.2. The van der Waals surface area contributed by atoms with Crippen LogP contribution in [0.3, 0.4) is 0 Å². The molecular weight excluding hydrogens is 516 g/mol. The zero-order chi connectivity index (χ0) is 28.5. The molecule has 1 unspecified atom stereocenters. The first-order valence-corrected chi connectivity index (χ1v) is 13.4. The van der Waals surface area contributed by atoms with Gasteiger partial charge in [-0.2, -0.15) is 0 Å². The number of hydrogen-bond acceptors (Lipinski definition) is 8. The second kappa shape index (κ2) is 11.0. The molecule has 0 bridgehead atoms. The maximum Gasteiger partial charge on any atom is 0.338 e. The standard InChI is InChI=1S/C30H32N2O6S/c1-8-37-28(35)25-17(2)31-29-32(26(25)20-11-14-22(38-18(3)33)23(16-20)36-7)27(34)24(39-29)15-19-9-12-21(13-10-19)30(4,5)6/h9-16,26H,8H2,1-7H3/b24-15-.